The van der Waals surface area contributed by atoms with Gasteiger partial charge in [0.15, 0.2) is 11.6 Å². The van der Waals surface area contributed by atoms with Crippen molar-refractivity contribution in [3.8, 4) is 5.75 Å². The van der Waals surface area contributed by atoms with Gasteiger partial charge in [-0.3, -0.25) is 0 Å². The Morgan fingerprint density at radius 2 is 2.19 bits per heavy atom. The lowest BCUT2D eigenvalue weighted by Gasteiger charge is -2.04. The van der Waals surface area contributed by atoms with E-state index in [1.165, 1.54) is 13.0 Å². The maximum atomic E-state index is 13.0. The summed E-state index contributed by atoms with van der Waals surface area (Å²) < 4.78 is 30.6. The fourth-order valence-corrected chi connectivity index (χ4v) is 0.932. The number of rotatable bonds is 4. The summed E-state index contributed by atoms with van der Waals surface area (Å²) >= 11 is 0. The first kappa shape index (κ1) is 12.2. The maximum absolute atomic E-state index is 13.0. The number of carboxylic acid groups (broad SMARTS) is 1. The van der Waals surface area contributed by atoms with Gasteiger partial charge in [0.1, 0.15) is 12.4 Å². The molecule has 16 heavy (non-hydrogen) atoms. The van der Waals surface area contributed by atoms with Crippen LogP contribution in [0.3, 0.4) is 0 Å². The highest BCUT2D eigenvalue weighted by Gasteiger charge is 2.04. The summed E-state index contributed by atoms with van der Waals surface area (Å²) in [6, 6.07) is 2.82. The molecule has 0 amide bonds. The second-order valence-corrected chi connectivity index (χ2v) is 3.08. The highest BCUT2D eigenvalue weighted by molar-refractivity contribution is 5.85. The first-order valence-electron chi connectivity index (χ1n) is 4.48. The van der Waals surface area contributed by atoms with Crippen molar-refractivity contribution in [1.82, 2.24) is 0 Å². The monoisotopic (exact) mass is 228 g/mol. The Bertz CT molecular complexity index is 427. The lowest BCUT2D eigenvalue weighted by molar-refractivity contribution is -0.132. The quantitative estimate of drug-likeness (QED) is 0.805. The Morgan fingerprint density at radius 3 is 2.81 bits per heavy atom. The minimum atomic E-state index is -1.08. The molecule has 86 valence electrons. The molecule has 5 heteroatoms. The molecule has 0 aromatic heterocycles. The van der Waals surface area contributed by atoms with Gasteiger partial charge in [0.2, 0.25) is 0 Å². The summed E-state index contributed by atoms with van der Waals surface area (Å²) in [5, 5.41) is 8.52. The van der Waals surface area contributed by atoms with Gasteiger partial charge in [0, 0.05) is 11.6 Å². The predicted molar refractivity (Wildman–Crippen MR) is 53.2 cm³/mol. The molecule has 0 spiro atoms. The van der Waals surface area contributed by atoms with E-state index in [-0.39, 0.29) is 17.9 Å². The molecule has 0 saturated carbocycles. The normalized spacial score (nSPS) is 11.3. The Kier molecular flexibility index (Phi) is 3.99. The number of benzene rings is 1. The highest BCUT2D eigenvalue weighted by atomic mass is 19.1. The minimum absolute atomic E-state index is 0.0804. The highest BCUT2D eigenvalue weighted by Crippen LogP contribution is 2.17. The van der Waals surface area contributed by atoms with E-state index in [1.54, 1.807) is 0 Å². The van der Waals surface area contributed by atoms with Crippen LogP contribution in [0.2, 0.25) is 0 Å². The molecule has 1 aromatic rings. The minimum Gasteiger partial charge on any atom is -0.486 e. The molecule has 0 atom stereocenters. The van der Waals surface area contributed by atoms with E-state index in [4.69, 9.17) is 9.84 Å². The van der Waals surface area contributed by atoms with E-state index in [9.17, 15) is 13.6 Å². The summed E-state index contributed by atoms with van der Waals surface area (Å²) in [5.41, 5.74) is 0.0804. The third-order valence-corrected chi connectivity index (χ3v) is 1.86. The zero-order valence-electron chi connectivity index (χ0n) is 8.54. The third-order valence-electron chi connectivity index (χ3n) is 1.86. The van der Waals surface area contributed by atoms with Crippen LogP contribution >= 0.6 is 0 Å². The largest absolute Gasteiger partial charge is 0.486 e. The van der Waals surface area contributed by atoms with Crippen molar-refractivity contribution in [2.75, 3.05) is 6.61 Å². The summed E-state index contributed by atoms with van der Waals surface area (Å²) in [7, 11) is 0. The Hall–Kier alpha value is -1.91. The van der Waals surface area contributed by atoms with Crippen molar-refractivity contribution in [1.29, 1.82) is 0 Å². The van der Waals surface area contributed by atoms with Crippen molar-refractivity contribution in [3.63, 3.8) is 0 Å². The third kappa shape index (κ3) is 3.34. The number of aliphatic carboxylic acids is 1. The number of hydrogen-bond donors (Lipinski definition) is 1. The van der Waals surface area contributed by atoms with E-state index < -0.39 is 17.6 Å². The first-order chi connectivity index (χ1) is 7.50. The summed E-state index contributed by atoms with van der Waals surface area (Å²) in [4.78, 5) is 10.4. The van der Waals surface area contributed by atoms with Crippen LogP contribution in [0, 0.1) is 11.6 Å². The van der Waals surface area contributed by atoms with Gasteiger partial charge in [-0.1, -0.05) is 0 Å². The van der Waals surface area contributed by atoms with Gasteiger partial charge in [-0.15, -0.1) is 0 Å². The molecule has 0 aliphatic heterocycles. The molecule has 0 radical (unpaired) electrons. The van der Waals surface area contributed by atoms with Crippen LogP contribution < -0.4 is 4.74 Å². The molecule has 1 aromatic carbocycles. The van der Waals surface area contributed by atoms with Crippen LogP contribution in [0.1, 0.15) is 6.92 Å². The van der Waals surface area contributed by atoms with E-state index in [1.807, 2.05) is 0 Å². The molecule has 0 unspecified atom stereocenters. The van der Waals surface area contributed by atoms with E-state index in [0.717, 1.165) is 18.2 Å². The van der Waals surface area contributed by atoms with Crippen LogP contribution in [0.15, 0.2) is 29.8 Å². The fraction of sp³-hybridized carbons (Fsp3) is 0.182. The number of ether oxygens (including phenoxy) is 1. The molecule has 0 heterocycles. The number of halogens is 2. The summed E-state index contributed by atoms with van der Waals surface area (Å²) in [6.45, 7) is 1.26. The Morgan fingerprint density at radius 1 is 1.50 bits per heavy atom. The first-order valence-corrected chi connectivity index (χ1v) is 4.48. The topological polar surface area (TPSA) is 46.5 Å². The molecule has 0 fully saturated rings. The molecule has 0 saturated heterocycles. The van der Waals surface area contributed by atoms with Crippen LogP contribution in [-0.2, 0) is 4.79 Å². The van der Waals surface area contributed by atoms with Gasteiger partial charge in [-0.2, -0.15) is 0 Å². The van der Waals surface area contributed by atoms with Gasteiger partial charge in [0.05, 0.1) is 0 Å². The van der Waals surface area contributed by atoms with Gasteiger partial charge >= 0.3 is 5.97 Å². The summed E-state index contributed by atoms with van der Waals surface area (Å²) in [5.74, 6) is -2.63. The maximum Gasteiger partial charge on any atom is 0.331 e. The van der Waals surface area contributed by atoms with Gasteiger partial charge in [-0.05, 0) is 25.1 Å². The average molecular weight is 228 g/mol. The van der Waals surface area contributed by atoms with E-state index in [0.29, 0.717) is 0 Å². The number of carbonyl (C=O) groups is 1. The SMILES string of the molecule is CC(=CCOc1cc(F)ccc1F)C(=O)O. The molecular formula is C11H10F2O3. The lowest BCUT2D eigenvalue weighted by atomic mass is 10.3. The Balaban J connectivity index is 2.65. The zero-order chi connectivity index (χ0) is 12.1. The predicted octanol–water partition coefficient (Wildman–Crippen LogP) is 2.37. The van der Waals surface area contributed by atoms with Crippen LogP contribution in [0.25, 0.3) is 0 Å². The zero-order valence-corrected chi connectivity index (χ0v) is 8.54. The second-order valence-electron chi connectivity index (χ2n) is 3.08. The van der Waals surface area contributed by atoms with Crippen LogP contribution in [0.5, 0.6) is 5.75 Å². The number of carboxylic acids is 1. The Labute approximate surface area is 91.0 Å². The van der Waals surface area contributed by atoms with Crippen LogP contribution in [0.4, 0.5) is 8.78 Å². The molecule has 0 aliphatic rings. The van der Waals surface area contributed by atoms with E-state index in [2.05, 4.69) is 0 Å². The van der Waals surface area contributed by atoms with Crippen molar-refractivity contribution >= 4 is 5.97 Å². The van der Waals surface area contributed by atoms with Gasteiger partial charge < -0.3 is 9.84 Å². The molecule has 1 rings (SSSR count). The average Bonchev–Trinajstić information content (AvgIpc) is 2.22. The van der Waals surface area contributed by atoms with Crippen molar-refractivity contribution < 1.29 is 23.4 Å². The van der Waals surface area contributed by atoms with Gasteiger partial charge in [0.25, 0.3) is 0 Å². The number of hydrogen-bond acceptors (Lipinski definition) is 2. The smallest absolute Gasteiger partial charge is 0.331 e. The van der Waals surface area contributed by atoms with Crippen LogP contribution in [-0.4, -0.2) is 17.7 Å². The van der Waals surface area contributed by atoms with Gasteiger partial charge in [-0.25, -0.2) is 13.6 Å². The molecule has 1 N–H and O–H groups in total. The van der Waals surface area contributed by atoms with Crippen molar-refractivity contribution in [2.45, 2.75) is 6.92 Å². The van der Waals surface area contributed by atoms with Crippen molar-refractivity contribution in [2.24, 2.45) is 0 Å². The molecular weight excluding hydrogens is 218 g/mol. The molecule has 0 bridgehead atoms. The fourth-order valence-electron chi connectivity index (χ4n) is 0.932. The molecule has 0 aliphatic carbocycles. The van der Waals surface area contributed by atoms with Crippen molar-refractivity contribution in [3.05, 3.63) is 41.5 Å². The standard InChI is InChI=1S/C11H10F2O3/c1-7(11(14)15)4-5-16-10-6-8(12)2-3-9(10)13/h2-4,6H,5H2,1H3,(H,14,15). The second kappa shape index (κ2) is 5.25. The summed E-state index contributed by atoms with van der Waals surface area (Å²) in [6.07, 6.45) is 1.27. The lowest BCUT2D eigenvalue weighted by Crippen LogP contribution is -2.01. The molecule has 3 nitrogen and oxygen atoms in total. The van der Waals surface area contributed by atoms with E-state index >= 15 is 0 Å².